The number of aromatic nitrogens is 2. The predicted octanol–water partition coefficient (Wildman–Crippen LogP) is 2.51. The van der Waals surface area contributed by atoms with Gasteiger partial charge < -0.3 is 10.3 Å². The van der Waals surface area contributed by atoms with Gasteiger partial charge in [-0.15, -0.1) is 0 Å². The summed E-state index contributed by atoms with van der Waals surface area (Å²) in [7, 11) is 0. The maximum atomic E-state index is 12.8. The molecule has 0 aliphatic heterocycles. The van der Waals surface area contributed by atoms with Crippen LogP contribution in [0.1, 0.15) is 28.7 Å². The van der Waals surface area contributed by atoms with E-state index in [9.17, 15) is 22.8 Å². The maximum absolute atomic E-state index is 12.8. The van der Waals surface area contributed by atoms with Crippen LogP contribution in [-0.2, 0) is 6.18 Å². The van der Waals surface area contributed by atoms with Crippen molar-refractivity contribution >= 4 is 5.91 Å². The Balaban J connectivity index is 2.62. The van der Waals surface area contributed by atoms with Gasteiger partial charge in [0.2, 0.25) is 5.43 Å². The summed E-state index contributed by atoms with van der Waals surface area (Å²) in [6.07, 6.45) is -2.39. The molecule has 5 nitrogen and oxygen atoms in total. The zero-order valence-corrected chi connectivity index (χ0v) is 12.4. The summed E-state index contributed by atoms with van der Waals surface area (Å²) >= 11 is 0. The molecule has 0 fully saturated rings. The minimum Gasteiger partial charge on any atom is -0.364 e. The van der Waals surface area contributed by atoms with E-state index in [2.05, 4.69) is 15.3 Å². The quantitative estimate of drug-likeness (QED) is 0.910. The van der Waals surface area contributed by atoms with Crippen LogP contribution in [0.15, 0.2) is 29.3 Å². The molecule has 0 radical (unpaired) electrons. The number of pyridine rings is 2. The van der Waals surface area contributed by atoms with Crippen LogP contribution in [0.3, 0.4) is 0 Å². The lowest BCUT2D eigenvalue weighted by Gasteiger charge is -2.11. The number of rotatable bonds is 3. The smallest absolute Gasteiger partial charge is 0.364 e. The molecule has 2 heterocycles. The molecule has 1 amide bonds. The lowest BCUT2D eigenvalue weighted by Crippen LogP contribution is -2.29. The molecule has 0 aliphatic rings. The standard InChI is InChI=1S/C15H14F3N3O2/c1-3-19-14(23)10-7-21-8(2)12(13(10)22)9-4-5-20-11(6-9)15(16,17)18/h4-7H,3H2,1-2H3,(H,19,23)(H,21,22). The van der Waals surface area contributed by atoms with Crippen LogP contribution in [0.2, 0.25) is 0 Å². The van der Waals surface area contributed by atoms with Gasteiger partial charge in [0.05, 0.1) is 0 Å². The number of carbonyl (C=O) groups is 1. The molecular weight excluding hydrogens is 311 g/mol. The normalized spacial score (nSPS) is 11.3. The molecule has 0 saturated carbocycles. The third-order valence-electron chi connectivity index (χ3n) is 3.20. The van der Waals surface area contributed by atoms with Crippen LogP contribution in [0.5, 0.6) is 0 Å². The van der Waals surface area contributed by atoms with Gasteiger partial charge >= 0.3 is 6.18 Å². The Labute approximate surface area is 129 Å². The number of carbonyl (C=O) groups excluding carboxylic acids is 1. The number of nitrogens with zero attached hydrogens (tertiary/aromatic N) is 1. The third kappa shape index (κ3) is 3.41. The summed E-state index contributed by atoms with van der Waals surface area (Å²) in [6.45, 7) is 3.57. The zero-order valence-electron chi connectivity index (χ0n) is 12.4. The van der Waals surface area contributed by atoms with Gasteiger partial charge in [-0.05, 0) is 31.5 Å². The monoisotopic (exact) mass is 325 g/mol. The first-order chi connectivity index (χ1) is 10.8. The summed E-state index contributed by atoms with van der Waals surface area (Å²) < 4.78 is 38.3. The molecule has 8 heteroatoms. The number of hydrogen-bond donors (Lipinski definition) is 2. The van der Waals surface area contributed by atoms with Gasteiger partial charge in [0.1, 0.15) is 11.3 Å². The van der Waals surface area contributed by atoms with Gasteiger partial charge in [0, 0.05) is 30.2 Å². The second-order valence-electron chi connectivity index (χ2n) is 4.82. The number of halogens is 3. The van der Waals surface area contributed by atoms with Crippen molar-refractivity contribution in [2.24, 2.45) is 0 Å². The Bertz CT molecular complexity index is 797. The summed E-state index contributed by atoms with van der Waals surface area (Å²) in [4.78, 5) is 30.4. The molecule has 0 unspecified atom stereocenters. The largest absolute Gasteiger partial charge is 0.433 e. The highest BCUT2D eigenvalue weighted by Crippen LogP contribution is 2.30. The molecule has 0 aliphatic carbocycles. The van der Waals surface area contributed by atoms with Gasteiger partial charge in [-0.3, -0.25) is 14.6 Å². The first kappa shape index (κ1) is 16.7. The van der Waals surface area contributed by atoms with Crippen LogP contribution in [-0.4, -0.2) is 22.4 Å². The molecule has 23 heavy (non-hydrogen) atoms. The number of aromatic amines is 1. The number of amides is 1. The Morgan fingerprint density at radius 1 is 1.39 bits per heavy atom. The number of alkyl halides is 3. The Morgan fingerprint density at radius 2 is 2.09 bits per heavy atom. The van der Waals surface area contributed by atoms with E-state index in [-0.39, 0.29) is 16.7 Å². The second kappa shape index (κ2) is 6.23. The van der Waals surface area contributed by atoms with Gasteiger partial charge in [0.15, 0.2) is 0 Å². The number of hydrogen-bond acceptors (Lipinski definition) is 3. The maximum Gasteiger partial charge on any atom is 0.433 e. The molecule has 2 aromatic heterocycles. The molecule has 0 atom stereocenters. The number of H-pyrrole nitrogens is 1. The lowest BCUT2D eigenvalue weighted by molar-refractivity contribution is -0.141. The molecule has 2 N–H and O–H groups in total. The van der Waals surface area contributed by atoms with E-state index in [1.807, 2.05) is 0 Å². The van der Waals surface area contributed by atoms with Crippen molar-refractivity contribution in [1.82, 2.24) is 15.3 Å². The summed E-state index contributed by atoms with van der Waals surface area (Å²) in [5.41, 5.74) is -1.46. The number of aryl methyl sites for hydroxylation is 1. The first-order valence-corrected chi connectivity index (χ1v) is 6.79. The molecule has 0 bridgehead atoms. The molecule has 0 spiro atoms. The topological polar surface area (TPSA) is 74.8 Å². The average Bonchev–Trinajstić information content (AvgIpc) is 2.47. The molecule has 2 aromatic rings. The van der Waals surface area contributed by atoms with E-state index >= 15 is 0 Å². The molecule has 0 saturated heterocycles. The van der Waals surface area contributed by atoms with Gasteiger partial charge in [-0.1, -0.05) is 0 Å². The Kier molecular flexibility index (Phi) is 4.53. The SMILES string of the molecule is CCNC(=O)c1c[nH]c(C)c(-c2ccnc(C(F)(F)F)c2)c1=O. The van der Waals surface area contributed by atoms with Crippen LogP contribution in [0, 0.1) is 6.92 Å². The lowest BCUT2D eigenvalue weighted by atomic mass is 10.0. The van der Waals surface area contributed by atoms with Crippen LogP contribution >= 0.6 is 0 Å². The molecule has 0 aromatic carbocycles. The van der Waals surface area contributed by atoms with E-state index in [0.29, 0.717) is 12.2 Å². The molecular formula is C15H14F3N3O2. The van der Waals surface area contributed by atoms with E-state index in [1.54, 1.807) is 13.8 Å². The van der Waals surface area contributed by atoms with E-state index in [4.69, 9.17) is 0 Å². The van der Waals surface area contributed by atoms with E-state index in [1.165, 1.54) is 12.3 Å². The first-order valence-electron chi connectivity index (χ1n) is 6.79. The van der Waals surface area contributed by atoms with Crippen molar-refractivity contribution in [3.63, 3.8) is 0 Å². The van der Waals surface area contributed by atoms with Crippen molar-refractivity contribution in [3.8, 4) is 11.1 Å². The van der Waals surface area contributed by atoms with Crippen molar-refractivity contribution in [2.45, 2.75) is 20.0 Å². The Hall–Kier alpha value is -2.64. The van der Waals surface area contributed by atoms with Crippen molar-refractivity contribution in [1.29, 1.82) is 0 Å². The van der Waals surface area contributed by atoms with Crippen molar-refractivity contribution in [2.75, 3.05) is 6.54 Å². The third-order valence-corrected chi connectivity index (χ3v) is 3.20. The fourth-order valence-electron chi connectivity index (χ4n) is 2.14. The second-order valence-corrected chi connectivity index (χ2v) is 4.82. The minimum absolute atomic E-state index is 0.0154. The highest BCUT2D eigenvalue weighted by Gasteiger charge is 2.32. The summed E-state index contributed by atoms with van der Waals surface area (Å²) in [5.74, 6) is -0.583. The Morgan fingerprint density at radius 3 is 2.70 bits per heavy atom. The number of nitrogens with one attached hydrogen (secondary N) is 2. The van der Waals surface area contributed by atoms with Gasteiger partial charge in [-0.25, -0.2) is 0 Å². The minimum atomic E-state index is -4.62. The summed E-state index contributed by atoms with van der Waals surface area (Å²) in [5, 5.41) is 2.49. The zero-order chi connectivity index (χ0) is 17.2. The van der Waals surface area contributed by atoms with E-state index < -0.39 is 23.2 Å². The fourth-order valence-corrected chi connectivity index (χ4v) is 2.14. The highest BCUT2D eigenvalue weighted by atomic mass is 19.4. The predicted molar refractivity (Wildman–Crippen MR) is 78.0 cm³/mol. The van der Waals surface area contributed by atoms with Crippen molar-refractivity contribution < 1.29 is 18.0 Å². The molecule has 122 valence electrons. The summed E-state index contributed by atoms with van der Waals surface area (Å²) in [6, 6.07) is 2.09. The average molecular weight is 325 g/mol. The van der Waals surface area contributed by atoms with Gasteiger partial charge in [-0.2, -0.15) is 13.2 Å². The highest BCUT2D eigenvalue weighted by molar-refractivity contribution is 5.95. The van der Waals surface area contributed by atoms with Crippen LogP contribution in [0.4, 0.5) is 13.2 Å². The van der Waals surface area contributed by atoms with Gasteiger partial charge in [0.25, 0.3) is 5.91 Å². The van der Waals surface area contributed by atoms with E-state index in [0.717, 1.165) is 12.3 Å². The molecule has 2 rings (SSSR count). The fraction of sp³-hybridized carbons (Fsp3) is 0.267. The van der Waals surface area contributed by atoms with Crippen molar-refractivity contribution in [3.05, 3.63) is 51.7 Å². The van der Waals surface area contributed by atoms with Crippen LogP contribution < -0.4 is 10.7 Å². The van der Waals surface area contributed by atoms with Crippen LogP contribution in [0.25, 0.3) is 11.1 Å².